The largest absolute Gasteiger partial charge is 0.338 e. The third-order valence-electron chi connectivity index (χ3n) is 4.67. The van der Waals surface area contributed by atoms with Gasteiger partial charge in [-0.1, -0.05) is 0 Å². The summed E-state index contributed by atoms with van der Waals surface area (Å²) in [6.45, 7) is 0. The standard InChI is InChI=1S/C18H17BrFNO4/c19-11-9-10(7-8-12(11)20)21(17-13(22)3-1-4-14(17)23)18-15(24)5-2-6-16(18)25/h7-9,17-18H,1-6H2. The molecule has 0 saturated heterocycles. The summed E-state index contributed by atoms with van der Waals surface area (Å²) in [7, 11) is 0. The zero-order valence-electron chi connectivity index (χ0n) is 13.5. The van der Waals surface area contributed by atoms with Crippen LogP contribution in [0.2, 0.25) is 0 Å². The van der Waals surface area contributed by atoms with Crippen LogP contribution in [0, 0.1) is 5.82 Å². The second-order valence-electron chi connectivity index (χ2n) is 6.38. The zero-order chi connectivity index (χ0) is 18.1. The molecule has 132 valence electrons. The van der Waals surface area contributed by atoms with E-state index in [1.165, 1.54) is 23.1 Å². The number of carbonyl (C=O) groups excluding carboxylic acids is 4. The van der Waals surface area contributed by atoms with E-state index in [0.717, 1.165) is 0 Å². The number of carbonyl (C=O) groups is 4. The number of hydrogen-bond acceptors (Lipinski definition) is 5. The second kappa shape index (κ2) is 7.15. The lowest BCUT2D eigenvalue weighted by molar-refractivity contribution is -0.133. The van der Waals surface area contributed by atoms with E-state index in [4.69, 9.17) is 0 Å². The monoisotopic (exact) mass is 409 g/mol. The van der Waals surface area contributed by atoms with Gasteiger partial charge in [0.05, 0.1) is 4.47 Å². The highest BCUT2D eigenvalue weighted by molar-refractivity contribution is 9.10. The molecule has 0 spiro atoms. The van der Waals surface area contributed by atoms with Crippen molar-refractivity contribution < 1.29 is 23.6 Å². The van der Waals surface area contributed by atoms with Crippen molar-refractivity contribution in [2.24, 2.45) is 0 Å². The molecule has 0 aliphatic heterocycles. The molecule has 25 heavy (non-hydrogen) atoms. The van der Waals surface area contributed by atoms with E-state index in [2.05, 4.69) is 15.9 Å². The van der Waals surface area contributed by atoms with Gasteiger partial charge in [0, 0.05) is 31.4 Å². The minimum Gasteiger partial charge on any atom is -0.338 e. The molecule has 2 fully saturated rings. The van der Waals surface area contributed by atoms with Crippen LogP contribution in [0.15, 0.2) is 22.7 Å². The molecule has 7 heteroatoms. The highest BCUT2D eigenvalue weighted by Crippen LogP contribution is 2.32. The number of Topliss-reactive ketones (excluding diaryl/α,β-unsaturated/α-hetero) is 4. The van der Waals surface area contributed by atoms with E-state index in [-0.39, 0.29) is 53.3 Å². The van der Waals surface area contributed by atoms with Gasteiger partial charge in [0.2, 0.25) is 0 Å². The van der Waals surface area contributed by atoms with E-state index in [0.29, 0.717) is 18.5 Å². The van der Waals surface area contributed by atoms with Crippen LogP contribution in [0.3, 0.4) is 0 Å². The van der Waals surface area contributed by atoms with Gasteiger partial charge in [-0.15, -0.1) is 0 Å². The first-order valence-electron chi connectivity index (χ1n) is 8.24. The van der Waals surface area contributed by atoms with Crippen molar-refractivity contribution in [2.75, 3.05) is 4.90 Å². The molecular weight excluding hydrogens is 393 g/mol. The minimum atomic E-state index is -1.16. The number of hydrogen-bond donors (Lipinski definition) is 0. The molecule has 0 heterocycles. The molecule has 0 bridgehead atoms. The lowest BCUT2D eigenvalue weighted by Crippen LogP contribution is -2.59. The van der Waals surface area contributed by atoms with Crippen LogP contribution in [-0.2, 0) is 19.2 Å². The van der Waals surface area contributed by atoms with Gasteiger partial charge in [-0.25, -0.2) is 4.39 Å². The Morgan fingerprint density at radius 3 is 1.68 bits per heavy atom. The van der Waals surface area contributed by atoms with E-state index in [1.807, 2.05) is 0 Å². The Morgan fingerprint density at radius 1 is 0.840 bits per heavy atom. The normalized spacial score (nSPS) is 20.2. The number of halogens is 2. The second-order valence-corrected chi connectivity index (χ2v) is 7.24. The molecular formula is C18H17BrFNO4. The van der Waals surface area contributed by atoms with Crippen molar-refractivity contribution in [3.05, 3.63) is 28.5 Å². The fourth-order valence-electron chi connectivity index (χ4n) is 3.49. The van der Waals surface area contributed by atoms with Gasteiger partial charge in [0.25, 0.3) is 0 Å². The third kappa shape index (κ3) is 3.42. The van der Waals surface area contributed by atoms with Gasteiger partial charge >= 0.3 is 0 Å². The van der Waals surface area contributed by atoms with Crippen molar-refractivity contribution in [1.29, 1.82) is 0 Å². The van der Waals surface area contributed by atoms with E-state index >= 15 is 0 Å². The van der Waals surface area contributed by atoms with Crippen molar-refractivity contribution in [3.8, 4) is 0 Å². The maximum atomic E-state index is 13.6. The maximum Gasteiger partial charge on any atom is 0.162 e. The average Bonchev–Trinajstić information content (AvgIpc) is 2.55. The molecule has 0 amide bonds. The van der Waals surface area contributed by atoms with Crippen molar-refractivity contribution in [1.82, 2.24) is 0 Å². The van der Waals surface area contributed by atoms with Crippen LogP contribution in [0.1, 0.15) is 38.5 Å². The van der Waals surface area contributed by atoms with Gasteiger partial charge in [0.15, 0.2) is 23.1 Å². The highest BCUT2D eigenvalue weighted by Gasteiger charge is 2.44. The fourth-order valence-corrected chi connectivity index (χ4v) is 3.86. The Kier molecular flexibility index (Phi) is 5.13. The molecule has 2 aliphatic rings. The van der Waals surface area contributed by atoms with Crippen molar-refractivity contribution in [2.45, 2.75) is 50.6 Å². The van der Waals surface area contributed by atoms with Crippen LogP contribution in [0.4, 0.5) is 10.1 Å². The first kappa shape index (κ1) is 17.9. The smallest absolute Gasteiger partial charge is 0.162 e. The Balaban J connectivity index is 2.11. The third-order valence-corrected chi connectivity index (χ3v) is 5.28. The van der Waals surface area contributed by atoms with Gasteiger partial charge in [-0.3, -0.25) is 19.2 Å². The van der Waals surface area contributed by atoms with Gasteiger partial charge < -0.3 is 4.90 Å². The minimum absolute atomic E-state index is 0.140. The molecule has 1 aromatic rings. The fraction of sp³-hybridized carbons (Fsp3) is 0.444. The molecule has 1 aromatic carbocycles. The lowest BCUT2D eigenvalue weighted by atomic mass is 9.85. The van der Waals surface area contributed by atoms with Crippen LogP contribution >= 0.6 is 15.9 Å². The van der Waals surface area contributed by atoms with Gasteiger partial charge in [-0.2, -0.15) is 0 Å². The summed E-state index contributed by atoms with van der Waals surface area (Å²) < 4.78 is 13.8. The Labute approximate surface area is 152 Å². The molecule has 0 N–H and O–H groups in total. The molecule has 0 atom stereocenters. The molecule has 0 unspecified atom stereocenters. The molecule has 2 aliphatic carbocycles. The van der Waals surface area contributed by atoms with Crippen LogP contribution in [0.25, 0.3) is 0 Å². The van der Waals surface area contributed by atoms with Gasteiger partial charge in [-0.05, 0) is 47.0 Å². The van der Waals surface area contributed by atoms with Crippen LogP contribution < -0.4 is 4.90 Å². The Morgan fingerprint density at radius 2 is 1.28 bits per heavy atom. The summed E-state index contributed by atoms with van der Waals surface area (Å²) in [5.41, 5.74) is 0.315. The predicted octanol–water partition coefficient (Wildman–Crippen LogP) is 2.78. The summed E-state index contributed by atoms with van der Waals surface area (Å²) in [6, 6.07) is 1.65. The first-order chi connectivity index (χ1) is 11.9. The SMILES string of the molecule is O=C1CCCC(=O)C1N(c1ccc(F)c(Br)c1)C1C(=O)CCCC1=O. The van der Waals surface area contributed by atoms with Crippen LogP contribution in [-0.4, -0.2) is 35.2 Å². The summed E-state index contributed by atoms with van der Waals surface area (Å²) in [5, 5.41) is 0. The van der Waals surface area contributed by atoms with Gasteiger partial charge in [0.1, 0.15) is 17.9 Å². The zero-order valence-corrected chi connectivity index (χ0v) is 15.1. The topological polar surface area (TPSA) is 71.5 Å². The van der Waals surface area contributed by atoms with E-state index < -0.39 is 17.9 Å². The molecule has 5 nitrogen and oxygen atoms in total. The van der Waals surface area contributed by atoms with E-state index in [1.54, 1.807) is 0 Å². The molecule has 2 saturated carbocycles. The summed E-state index contributed by atoms with van der Waals surface area (Å²) in [6.07, 6.45) is 1.85. The van der Waals surface area contributed by atoms with Crippen molar-refractivity contribution in [3.63, 3.8) is 0 Å². The average molecular weight is 410 g/mol. The molecule has 0 aromatic heterocycles. The molecule has 0 radical (unpaired) electrons. The Hall–Kier alpha value is -1.89. The summed E-state index contributed by atoms with van der Waals surface area (Å²) in [4.78, 5) is 51.1. The number of ketones is 4. The van der Waals surface area contributed by atoms with E-state index in [9.17, 15) is 23.6 Å². The number of nitrogens with zero attached hydrogens (tertiary/aromatic N) is 1. The highest BCUT2D eigenvalue weighted by atomic mass is 79.9. The number of benzene rings is 1. The Bertz CT molecular complexity index is 693. The summed E-state index contributed by atoms with van der Waals surface area (Å²) >= 11 is 3.08. The van der Waals surface area contributed by atoms with Crippen molar-refractivity contribution >= 4 is 44.8 Å². The quantitative estimate of drug-likeness (QED) is 0.717. The number of anilines is 1. The van der Waals surface area contributed by atoms with Crippen LogP contribution in [0.5, 0.6) is 0 Å². The summed E-state index contributed by atoms with van der Waals surface area (Å²) in [5.74, 6) is -1.72. The number of rotatable bonds is 3. The predicted molar refractivity (Wildman–Crippen MR) is 91.9 cm³/mol. The maximum absolute atomic E-state index is 13.6. The first-order valence-corrected chi connectivity index (χ1v) is 9.03. The molecule has 3 rings (SSSR count). The lowest BCUT2D eigenvalue weighted by Gasteiger charge is -2.39.